The van der Waals surface area contributed by atoms with E-state index in [0.717, 1.165) is 22.4 Å². The van der Waals surface area contributed by atoms with Crippen LogP contribution in [-0.4, -0.2) is 4.98 Å². The van der Waals surface area contributed by atoms with Gasteiger partial charge in [0, 0.05) is 30.0 Å². The van der Waals surface area contributed by atoms with Gasteiger partial charge in [-0.3, -0.25) is 0 Å². The van der Waals surface area contributed by atoms with E-state index in [1.807, 2.05) is 49.4 Å². The number of rotatable bonds is 6. The van der Waals surface area contributed by atoms with Crippen LogP contribution in [0.5, 0.6) is 5.88 Å². The fourth-order valence-corrected chi connectivity index (χ4v) is 1.97. The Morgan fingerprint density at radius 2 is 1.92 bits per heavy atom. The zero-order valence-electron chi connectivity index (χ0n) is 14.4. The number of hydrogen-bond acceptors (Lipinski definition) is 3. The Hall–Kier alpha value is -3.25. The quantitative estimate of drug-likeness (QED) is 0.638. The van der Waals surface area contributed by atoms with Gasteiger partial charge in [0.2, 0.25) is 5.88 Å². The molecule has 0 aliphatic rings. The second-order valence-corrected chi connectivity index (χ2v) is 5.49. The fourth-order valence-electron chi connectivity index (χ4n) is 1.97. The van der Waals surface area contributed by atoms with E-state index in [-0.39, 0.29) is 0 Å². The number of hydrogen-bond donors (Lipinski definition) is 1. The molecule has 0 aliphatic carbocycles. The van der Waals surface area contributed by atoms with Crippen molar-refractivity contribution in [3.63, 3.8) is 0 Å². The summed E-state index contributed by atoms with van der Waals surface area (Å²) in [6.07, 6.45) is 7.81. The maximum atomic E-state index is 5.63. The Balaban J connectivity index is 1.90. The zero-order valence-corrected chi connectivity index (χ0v) is 14.4. The molecule has 3 nitrogen and oxygen atoms in total. The Labute approximate surface area is 149 Å². The van der Waals surface area contributed by atoms with Crippen LogP contribution < -0.4 is 10.5 Å². The van der Waals surface area contributed by atoms with E-state index in [1.54, 1.807) is 12.3 Å². The largest absolute Gasteiger partial charge is 0.473 e. The molecule has 1 heterocycles. The second kappa shape index (κ2) is 9.79. The van der Waals surface area contributed by atoms with Crippen molar-refractivity contribution in [2.75, 3.05) is 0 Å². The van der Waals surface area contributed by atoms with E-state index >= 15 is 0 Å². The minimum Gasteiger partial charge on any atom is -0.473 e. The maximum Gasteiger partial charge on any atom is 0.213 e. The van der Waals surface area contributed by atoms with Crippen LogP contribution in [0.4, 0.5) is 0 Å². The lowest BCUT2D eigenvalue weighted by molar-refractivity contribution is 0.294. The van der Waals surface area contributed by atoms with Crippen molar-refractivity contribution in [2.45, 2.75) is 20.0 Å². The average Bonchev–Trinajstić information content (AvgIpc) is 2.64. The Bertz CT molecular complexity index is 803. The zero-order chi connectivity index (χ0) is 17.9. The Morgan fingerprint density at radius 3 is 2.56 bits per heavy atom. The third kappa shape index (κ3) is 6.80. The van der Waals surface area contributed by atoms with Gasteiger partial charge in [-0.1, -0.05) is 54.8 Å². The molecule has 0 atom stereocenters. The van der Waals surface area contributed by atoms with Crippen LogP contribution in [0.3, 0.4) is 0 Å². The van der Waals surface area contributed by atoms with Crippen molar-refractivity contribution in [2.24, 2.45) is 5.73 Å². The fraction of sp³-hybridized carbons (Fsp3) is 0.136. The summed E-state index contributed by atoms with van der Waals surface area (Å²) in [4.78, 5) is 4.14. The smallest absolute Gasteiger partial charge is 0.213 e. The van der Waals surface area contributed by atoms with Gasteiger partial charge in [0.05, 0.1) is 0 Å². The van der Waals surface area contributed by atoms with Gasteiger partial charge < -0.3 is 10.5 Å². The number of pyridine rings is 1. The lowest BCUT2D eigenvalue weighted by atomic mass is 10.1. The standard InChI is InChI=1S/C22H22N2O/c1-3-19(11-10-18(2)23)7-6-8-20-12-14-21(15-13-20)17-25-22-9-4-5-16-24-22/h3-5,9-16H,1,8,17,23H2,2H3/b18-10+,19-11+. The number of ether oxygens (including phenoxy) is 1. The molecule has 1 aromatic carbocycles. The van der Waals surface area contributed by atoms with Crippen LogP contribution in [0.2, 0.25) is 0 Å². The molecule has 0 saturated heterocycles. The molecule has 0 spiro atoms. The van der Waals surface area contributed by atoms with Gasteiger partial charge in [-0.2, -0.15) is 0 Å². The van der Waals surface area contributed by atoms with E-state index in [4.69, 9.17) is 10.5 Å². The summed E-state index contributed by atoms with van der Waals surface area (Å²) in [5, 5.41) is 0. The number of aromatic nitrogens is 1. The monoisotopic (exact) mass is 330 g/mol. The summed E-state index contributed by atoms with van der Waals surface area (Å²) in [5.41, 5.74) is 9.45. The molecule has 0 amide bonds. The molecule has 0 radical (unpaired) electrons. The number of nitrogens with two attached hydrogens (primary N) is 1. The highest BCUT2D eigenvalue weighted by Gasteiger charge is 1.97. The third-order valence-corrected chi connectivity index (χ3v) is 3.32. The summed E-state index contributed by atoms with van der Waals surface area (Å²) < 4.78 is 5.63. The Morgan fingerprint density at radius 1 is 1.16 bits per heavy atom. The molecule has 126 valence electrons. The van der Waals surface area contributed by atoms with Gasteiger partial charge in [-0.05, 0) is 36.3 Å². The molecule has 2 rings (SSSR count). The summed E-state index contributed by atoms with van der Waals surface area (Å²) in [5.74, 6) is 6.88. The van der Waals surface area contributed by atoms with Crippen LogP contribution in [0, 0.1) is 11.8 Å². The summed E-state index contributed by atoms with van der Waals surface area (Å²) >= 11 is 0. The van der Waals surface area contributed by atoms with Crippen molar-refractivity contribution in [3.8, 4) is 17.7 Å². The maximum absolute atomic E-state index is 5.63. The average molecular weight is 330 g/mol. The molecule has 2 aromatic rings. The highest BCUT2D eigenvalue weighted by Crippen LogP contribution is 2.10. The highest BCUT2D eigenvalue weighted by atomic mass is 16.5. The SMILES string of the molecule is C=C/C(C#CCc1ccc(COc2ccccn2)cc1)=C\C=C(/C)N. The van der Waals surface area contributed by atoms with Gasteiger partial charge in [-0.25, -0.2) is 4.98 Å². The number of allylic oxidation sites excluding steroid dienone is 5. The molecule has 25 heavy (non-hydrogen) atoms. The van der Waals surface area contributed by atoms with Gasteiger partial charge in [-0.15, -0.1) is 0 Å². The van der Waals surface area contributed by atoms with Crippen LogP contribution in [0.1, 0.15) is 18.1 Å². The highest BCUT2D eigenvalue weighted by molar-refractivity contribution is 5.41. The van der Waals surface area contributed by atoms with Crippen LogP contribution >= 0.6 is 0 Å². The van der Waals surface area contributed by atoms with E-state index in [2.05, 4.69) is 35.5 Å². The molecular weight excluding hydrogens is 308 g/mol. The lowest BCUT2D eigenvalue weighted by Gasteiger charge is -2.05. The summed E-state index contributed by atoms with van der Waals surface area (Å²) in [6, 6.07) is 13.8. The third-order valence-electron chi connectivity index (χ3n) is 3.32. The Kier molecular flexibility index (Phi) is 7.09. The predicted molar refractivity (Wildman–Crippen MR) is 103 cm³/mol. The number of benzene rings is 1. The van der Waals surface area contributed by atoms with Gasteiger partial charge in [0.25, 0.3) is 0 Å². The van der Waals surface area contributed by atoms with Crippen LogP contribution in [-0.2, 0) is 13.0 Å². The summed E-state index contributed by atoms with van der Waals surface area (Å²) in [6.45, 7) is 6.10. The second-order valence-electron chi connectivity index (χ2n) is 5.49. The predicted octanol–water partition coefficient (Wildman–Crippen LogP) is 4.18. The van der Waals surface area contributed by atoms with Gasteiger partial charge >= 0.3 is 0 Å². The first kappa shape index (κ1) is 18.1. The number of nitrogens with zero attached hydrogens (tertiary/aromatic N) is 1. The van der Waals surface area contributed by atoms with Crippen LogP contribution in [0.15, 0.2) is 84.7 Å². The molecular formula is C22H22N2O. The van der Waals surface area contributed by atoms with Crippen LogP contribution in [0.25, 0.3) is 0 Å². The molecule has 0 fully saturated rings. The summed E-state index contributed by atoms with van der Waals surface area (Å²) in [7, 11) is 0. The minimum absolute atomic E-state index is 0.497. The molecule has 2 N–H and O–H groups in total. The molecule has 0 aliphatic heterocycles. The van der Waals surface area contributed by atoms with Crippen molar-refractivity contribution in [1.82, 2.24) is 4.98 Å². The van der Waals surface area contributed by atoms with Crippen molar-refractivity contribution < 1.29 is 4.74 Å². The van der Waals surface area contributed by atoms with E-state index in [1.165, 1.54) is 0 Å². The van der Waals surface area contributed by atoms with Gasteiger partial charge in [0.15, 0.2) is 0 Å². The first-order chi connectivity index (χ1) is 12.2. The normalized spacial score (nSPS) is 11.4. The molecule has 0 saturated carbocycles. The molecule has 1 aromatic heterocycles. The van der Waals surface area contributed by atoms with Gasteiger partial charge in [0.1, 0.15) is 6.61 Å². The van der Waals surface area contributed by atoms with E-state index < -0.39 is 0 Å². The molecule has 0 unspecified atom stereocenters. The van der Waals surface area contributed by atoms with E-state index in [9.17, 15) is 0 Å². The van der Waals surface area contributed by atoms with Crippen molar-refractivity contribution in [1.29, 1.82) is 0 Å². The first-order valence-corrected chi connectivity index (χ1v) is 8.04. The van der Waals surface area contributed by atoms with E-state index in [0.29, 0.717) is 18.9 Å². The van der Waals surface area contributed by atoms with Crippen molar-refractivity contribution in [3.05, 3.63) is 95.9 Å². The minimum atomic E-state index is 0.497. The first-order valence-electron chi connectivity index (χ1n) is 8.04. The topological polar surface area (TPSA) is 48.1 Å². The van der Waals surface area contributed by atoms with Crippen molar-refractivity contribution >= 4 is 0 Å². The molecule has 3 heteroatoms. The lowest BCUT2D eigenvalue weighted by Crippen LogP contribution is -1.97. The molecule has 0 bridgehead atoms.